The lowest BCUT2D eigenvalue weighted by Crippen LogP contribution is -2.00. The number of carboxylic acid groups (broad SMARTS) is 4. The number of fused-ring (bicyclic) bond motifs is 7. The monoisotopic (exact) mass is 828 g/mol. The van der Waals surface area contributed by atoms with Crippen molar-refractivity contribution in [3.63, 3.8) is 0 Å². The SMILES string of the molecule is O=C(O)c1ccc(-c2ccc3c4c(c(-c5ccc(C(=O)O)cc5)cc3c2)OP(=O)(O)Oc2c(-c3ccc(C(=O)O)cc3)cc3cc(-c5ccc(C(=O)O)cc5)ccc3c2-4)cc1. The Morgan fingerprint density at radius 2 is 0.656 bits per heavy atom. The summed E-state index contributed by atoms with van der Waals surface area (Å²) in [6.45, 7) is 0. The van der Waals surface area contributed by atoms with Gasteiger partial charge < -0.3 is 29.5 Å². The van der Waals surface area contributed by atoms with Crippen molar-refractivity contribution in [1.29, 1.82) is 0 Å². The maximum atomic E-state index is 14.2. The number of carbonyl (C=O) groups is 4. The molecular formula is C48H29O12P. The summed E-state index contributed by atoms with van der Waals surface area (Å²) in [7, 11) is -5.02. The first-order valence-corrected chi connectivity index (χ1v) is 20.0. The van der Waals surface area contributed by atoms with Gasteiger partial charge in [-0.3, -0.25) is 4.89 Å². The van der Waals surface area contributed by atoms with Crippen LogP contribution in [0.15, 0.2) is 146 Å². The number of rotatable bonds is 8. The van der Waals surface area contributed by atoms with E-state index in [-0.39, 0.29) is 33.8 Å². The highest BCUT2D eigenvalue weighted by Crippen LogP contribution is 2.61. The van der Waals surface area contributed by atoms with Crippen molar-refractivity contribution in [2.24, 2.45) is 0 Å². The van der Waals surface area contributed by atoms with Crippen molar-refractivity contribution >= 4 is 53.2 Å². The van der Waals surface area contributed by atoms with Crippen LogP contribution in [0.5, 0.6) is 11.5 Å². The Kier molecular flexibility index (Phi) is 9.24. The fourth-order valence-corrected chi connectivity index (χ4v) is 8.57. The minimum absolute atomic E-state index is 0.0168. The summed E-state index contributed by atoms with van der Waals surface area (Å²) in [6, 6.07) is 39.3. The summed E-state index contributed by atoms with van der Waals surface area (Å²) in [5.74, 6) is -4.47. The standard InChI is InChI=1S/C48H29O12P/c49-45(50)29-9-1-25(2-10-29)33-17-19-37-35(21-33)23-39(27-5-13-31(14-6-27)47(53)54)43-41(37)42-38-20-18-34(26-3-11-30(12-4-26)46(51)52)22-36(38)24-40(44(42)60-61(57,58)59-43)28-7-15-32(16-8-28)48(55)56/h1-24H,(H,49,50)(H,51,52)(H,53,54)(H,55,56)(H,57,58). The van der Waals surface area contributed by atoms with Crippen LogP contribution >= 0.6 is 7.82 Å². The maximum Gasteiger partial charge on any atom is 0.584 e. The molecule has 0 atom stereocenters. The first kappa shape index (κ1) is 38.5. The van der Waals surface area contributed by atoms with E-state index < -0.39 is 31.7 Å². The largest absolute Gasteiger partial charge is 0.584 e. The first-order chi connectivity index (χ1) is 29.2. The van der Waals surface area contributed by atoms with Crippen molar-refractivity contribution in [3.8, 4) is 67.1 Å². The molecule has 61 heavy (non-hydrogen) atoms. The summed E-state index contributed by atoms with van der Waals surface area (Å²) in [4.78, 5) is 58.4. The molecule has 0 aliphatic carbocycles. The van der Waals surface area contributed by atoms with Gasteiger partial charge in [-0.1, -0.05) is 72.8 Å². The molecule has 298 valence electrons. The number of phosphoric acid groups is 1. The second kappa shape index (κ2) is 14.6. The zero-order chi connectivity index (χ0) is 42.7. The van der Waals surface area contributed by atoms with Gasteiger partial charge in [0.15, 0.2) is 0 Å². The second-order valence-corrected chi connectivity index (χ2v) is 15.6. The molecule has 8 aromatic carbocycles. The minimum Gasteiger partial charge on any atom is -0.478 e. The van der Waals surface area contributed by atoms with E-state index >= 15 is 0 Å². The highest BCUT2D eigenvalue weighted by atomic mass is 31.2. The molecule has 13 heteroatoms. The van der Waals surface area contributed by atoms with E-state index in [9.17, 15) is 49.1 Å². The van der Waals surface area contributed by atoms with Gasteiger partial charge >= 0.3 is 31.7 Å². The number of phosphoric ester groups is 1. The fourth-order valence-electron chi connectivity index (χ4n) is 7.69. The molecule has 12 nitrogen and oxygen atoms in total. The fraction of sp³-hybridized carbons (Fsp3) is 0. The molecule has 0 spiro atoms. The number of aromatic carboxylic acids is 4. The number of hydrogen-bond donors (Lipinski definition) is 5. The molecule has 0 fully saturated rings. The van der Waals surface area contributed by atoms with Crippen LogP contribution in [0.1, 0.15) is 41.4 Å². The van der Waals surface area contributed by atoms with Gasteiger partial charge in [0.05, 0.1) is 22.3 Å². The molecular weight excluding hydrogens is 799 g/mol. The Labute approximate surface area is 345 Å². The predicted molar refractivity (Wildman–Crippen MR) is 228 cm³/mol. The van der Waals surface area contributed by atoms with Crippen molar-refractivity contribution in [2.45, 2.75) is 0 Å². The summed E-state index contributed by atoms with van der Waals surface area (Å²) >= 11 is 0. The van der Waals surface area contributed by atoms with Gasteiger partial charge in [-0.15, -0.1) is 0 Å². The van der Waals surface area contributed by atoms with Crippen LogP contribution in [0.3, 0.4) is 0 Å². The number of hydrogen-bond acceptors (Lipinski definition) is 7. The van der Waals surface area contributed by atoms with Gasteiger partial charge in [0, 0.05) is 22.3 Å². The average Bonchev–Trinajstić information content (AvgIpc) is 3.38. The zero-order valence-electron chi connectivity index (χ0n) is 31.4. The lowest BCUT2D eigenvalue weighted by molar-refractivity contribution is 0.0686. The van der Waals surface area contributed by atoms with Crippen LogP contribution in [0, 0.1) is 0 Å². The molecule has 1 heterocycles. The second-order valence-electron chi connectivity index (χ2n) is 14.3. The van der Waals surface area contributed by atoms with E-state index in [0.29, 0.717) is 54.9 Å². The van der Waals surface area contributed by atoms with Gasteiger partial charge in [-0.05, 0) is 128 Å². The Morgan fingerprint density at radius 3 is 0.951 bits per heavy atom. The molecule has 1 aliphatic rings. The summed E-state index contributed by atoms with van der Waals surface area (Å²) in [5, 5.41) is 40.8. The van der Waals surface area contributed by atoms with E-state index in [1.165, 1.54) is 48.5 Å². The Morgan fingerprint density at radius 1 is 0.377 bits per heavy atom. The third-order valence-electron chi connectivity index (χ3n) is 10.7. The van der Waals surface area contributed by atoms with Gasteiger partial charge in [-0.25, -0.2) is 23.7 Å². The van der Waals surface area contributed by atoms with Crippen molar-refractivity contribution in [3.05, 3.63) is 168 Å². The molecule has 0 saturated heterocycles. The van der Waals surface area contributed by atoms with E-state index in [1.807, 2.05) is 36.4 Å². The van der Waals surface area contributed by atoms with Crippen LogP contribution < -0.4 is 9.05 Å². The van der Waals surface area contributed by atoms with Gasteiger partial charge in [0.25, 0.3) is 0 Å². The lowest BCUT2D eigenvalue weighted by Gasteiger charge is -2.20. The minimum atomic E-state index is -5.02. The summed E-state index contributed by atoms with van der Waals surface area (Å²) < 4.78 is 26.3. The van der Waals surface area contributed by atoms with Crippen LogP contribution in [0.25, 0.3) is 77.2 Å². The highest BCUT2D eigenvalue weighted by molar-refractivity contribution is 7.48. The normalized spacial score (nSPS) is 12.7. The van der Waals surface area contributed by atoms with Crippen LogP contribution in [0.2, 0.25) is 0 Å². The maximum absolute atomic E-state index is 14.2. The van der Waals surface area contributed by atoms with E-state index in [4.69, 9.17) is 9.05 Å². The molecule has 0 unspecified atom stereocenters. The third kappa shape index (κ3) is 7.01. The summed E-state index contributed by atoms with van der Waals surface area (Å²) in [5.41, 5.74) is 5.49. The van der Waals surface area contributed by atoms with Crippen LogP contribution in [-0.4, -0.2) is 49.2 Å². The quantitative estimate of drug-likeness (QED) is 0.0907. The first-order valence-electron chi connectivity index (χ1n) is 18.5. The molecule has 0 bridgehead atoms. The molecule has 9 rings (SSSR count). The number of benzene rings is 8. The molecule has 0 aromatic heterocycles. The molecule has 0 amide bonds. The Hall–Kier alpha value is -8.05. The average molecular weight is 829 g/mol. The van der Waals surface area contributed by atoms with E-state index in [1.54, 1.807) is 60.7 Å². The van der Waals surface area contributed by atoms with Crippen LogP contribution in [0.4, 0.5) is 0 Å². The van der Waals surface area contributed by atoms with Crippen molar-refractivity contribution < 1.29 is 58.1 Å². The van der Waals surface area contributed by atoms with E-state index in [2.05, 4.69) is 0 Å². The van der Waals surface area contributed by atoms with E-state index in [0.717, 1.165) is 22.3 Å². The smallest absolute Gasteiger partial charge is 0.478 e. The molecule has 1 aliphatic heterocycles. The van der Waals surface area contributed by atoms with Gasteiger partial charge in [-0.2, -0.15) is 0 Å². The summed E-state index contributed by atoms with van der Waals surface area (Å²) in [6.07, 6.45) is 0. The van der Waals surface area contributed by atoms with Crippen molar-refractivity contribution in [1.82, 2.24) is 0 Å². The molecule has 8 aromatic rings. The molecule has 0 radical (unpaired) electrons. The molecule has 0 saturated carbocycles. The number of carboxylic acids is 4. The Balaban J connectivity index is 1.39. The van der Waals surface area contributed by atoms with Gasteiger partial charge in [0.2, 0.25) is 0 Å². The Bertz CT molecular complexity index is 3000. The predicted octanol–water partition coefficient (Wildman–Crippen LogP) is 11.0. The highest BCUT2D eigenvalue weighted by Gasteiger charge is 2.38. The topological polar surface area (TPSA) is 205 Å². The van der Waals surface area contributed by atoms with Crippen LogP contribution in [-0.2, 0) is 4.57 Å². The van der Waals surface area contributed by atoms with Gasteiger partial charge in [0.1, 0.15) is 11.5 Å². The lowest BCUT2D eigenvalue weighted by atomic mass is 9.85. The molecule has 5 N–H and O–H groups in total. The third-order valence-corrected chi connectivity index (χ3v) is 11.5. The van der Waals surface area contributed by atoms with Crippen molar-refractivity contribution in [2.75, 3.05) is 0 Å². The zero-order valence-corrected chi connectivity index (χ0v) is 32.3.